The highest BCUT2D eigenvalue weighted by Gasteiger charge is 2.08. The fourth-order valence-corrected chi connectivity index (χ4v) is 1.86. The number of H-pyrrole nitrogens is 1. The van der Waals surface area contributed by atoms with Gasteiger partial charge in [0.1, 0.15) is 11.4 Å². The van der Waals surface area contributed by atoms with E-state index in [4.69, 9.17) is 9.68 Å². The topological polar surface area (TPSA) is 65.6 Å². The minimum absolute atomic E-state index is 0.639. The van der Waals surface area contributed by atoms with E-state index in [9.17, 15) is 0 Å². The van der Waals surface area contributed by atoms with E-state index in [1.165, 1.54) is 0 Å². The minimum Gasteiger partial charge on any atom is -0.464 e. The summed E-state index contributed by atoms with van der Waals surface area (Å²) in [5.74, 6) is 0.884. The Morgan fingerprint density at radius 1 is 1.41 bits per heavy atom. The molecule has 0 aliphatic heterocycles. The number of aromatic nitrogens is 2. The number of benzene rings is 1. The zero-order valence-corrected chi connectivity index (χ0v) is 8.97. The molecule has 4 heteroatoms. The maximum absolute atomic E-state index is 8.88. The van der Waals surface area contributed by atoms with E-state index in [-0.39, 0.29) is 0 Å². The molecule has 2 heterocycles. The Bertz CT molecular complexity index is 689. The Kier molecular flexibility index (Phi) is 2.16. The summed E-state index contributed by atoms with van der Waals surface area (Å²) in [4.78, 5) is 7.23. The van der Waals surface area contributed by atoms with Gasteiger partial charge < -0.3 is 9.40 Å². The molecule has 0 spiro atoms. The molecule has 1 N–H and O–H groups in total. The van der Waals surface area contributed by atoms with Crippen molar-refractivity contribution in [2.24, 2.45) is 0 Å². The highest BCUT2D eigenvalue weighted by Crippen LogP contribution is 2.23. The van der Waals surface area contributed by atoms with Gasteiger partial charge in [0, 0.05) is 29.8 Å². The monoisotopic (exact) mass is 223 g/mol. The van der Waals surface area contributed by atoms with Crippen LogP contribution in [0.5, 0.6) is 0 Å². The van der Waals surface area contributed by atoms with Gasteiger partial charge in [-0.25, -0.2) is 4.98 Å². The number of aromatic amines is 1. The van der Waals surface area contributed by atoms with Crippen molar-refractivity contribution in [2.75, 3.05) is 0 Å². The SMILES string of the molecule is N#Cc1ccc2occ(Cc3ncc[nH]3)c2c1. The van der Waals surface area contributed by atoms with Gasteiger partial charge >= 0.3 is 0 Å². The third kappa shape index (κ3) is 1.68. The van der Waals surface area contributed by atoms with Crippen molar-refractivity contribution in [1.29, 1.82) is 5.26 Å². The summed E-state index contributed by atoms with van der Waals surface area (Å²) >= 11 is 0. The lowest BCUT2D eigenvalue weighted by Gasteiger charge is -1.95. The second kappa shape index (κ2) is 3.80. The summed E-state index contributed by atoms with van der Waals surface area (Å²) in [7, 11) is 0. The zero-order chi connectivity index (χ0) is 11.7. The number of nitrogens with zero attached hydrogens (tertiary/aromatic N) is 2. The van der Waals surface area contributed by atoms with E-state index < -0.39 is 0 Å². The predicted molar refractivity (Wildman–Crippen MR) is 62.3 cm³/mol. The molecule has 0 atom stereocenters. The van der Waals surface area contributed by atoms with Crippen LogP contribution in [0.15, 0.2) is 41.3 Å². The molecule has 0 saturated heterocycles. The standard InChI is InChI=1S/C13H9N3O/c14-7-9-1-2-12-11(5-9)10(8-17-12)6-13-15-3-4-16-13/h1-5,8H,6H2,(H,15,16). The van der Waals surface area contributed by atoms with Gasteiger partial charge in [0.05, 0.1) is 17.9 Å². The van der Waals surface area contributed by atoms with Crippen molar-refractivity contribution in [3.8, 4) is 6.07 Å². The number of nitrogens with one attached hydrogen (secondary N) is 1. The van der Waals surface area contributed by atoms with E-state index in [2.05, 4.69) is 16.0 Å². The van der Waals surface area contributed by atoms with Gasteiger partial charge in [-0.1, -0.05) is 0 Å². The van der Waals surface area contributed by atoms with Gasteiger partial charge in [0.2, 0.25) is 0 Å². The molecule has 0 fully saturated rings. The molecule has 0 saturated carbocycles. The van der Waals surface area contributed by atoms with Gasteiger partial charge in [-0.2, -0.15) is 5.26 Å². The molecule has 17 heavy (non-hydrogen) atoms. The van der Waals surface area contributed by atoms with Crippen LogP contribution in [0.4, 0.5) is 0 Å². The highest BCUT2D eigenvalue weighted by atomic mass is 16.3. The van der Waals surface area contributed by atoms with Crippen LogP contribution in [0.3, 0.4) is 0 Å². The molecule has 3 rings (SSSR count). The smallest absolute Gasteiger partial charge is 0.134 e. The van der Waals surface area contributed by atoms with Crippen molar-refractivity contribution in [3.63, 3.8) is 0 Å². The lowest BCUT2D eigenvalue weighted by atomic mass is 10.1. The predicted octanol–water partition coefficient (Wildman–Crippen LogP) is 2.62. The highest BCUT2D eigenvalue weighted by molar-refractivity contribution is 5.82. The Morgan fingerprint density at radius 3 is 3.12 bits per heavy atom. The number of nitriles is 1. The van der Waals surface area contributed by atoms with Crippen LogP contribution in [-0.4, -0.2) is 9.97 Å². The molecule has 0 aliphatic rings. The molecule has 82 valence electrons. The van der Waals surface area contributed by atoms with Gasteiger partial charge in [-0.05, 0) is 18.2 Å². The fourth-order valence-electron chi connectivity index (χ4n) is 1.86. The van der Waals surface area contributed by atoms with E-state index >= 15 is 0 Å². The lowest BCUT2D eigenvalue weighted by molar-refractivity contribution is 0.611. The quantitative estimate of drug-likeness (QED) is 0.726. The molecule has 0 unspecified atom stereocenters. The van der Waals surface area contributed by atoms with Crippen LogP contribution in [-0.2, 0) is 6.42 Å². The second-order valence-corrected chi connectivity index (χ2v) is 3.80. The van der Waals surface area contributed by atoms with E-state index in [0.29, 0.717) is 12.0 Å². The summed E-state index contributed by atoms with van der Waals surface area (Å²) in [6.45, 7) is 0. The van der Waals surface area contributed by atoms with Crippen molar-refractivity contribution in [2.45, 2.75) is 6.42 Å². The Balaban J connectivity index is 2.08. The lowest BCUT2D eigenvalue weighted by Crippen LogP contribution is -1.89. The zero-order valence-electron chi connectivity index (χ0n) is 8.97. The molecular weight excluding hydrogens is 214 g/mol. The van der Waals surface area contributed by atoms with Crippen molar-refractivity contribution < 1.29 is 4.42 Å². The van der Waals surface area contributed by atoms with Gasteiger partial charge in [0.15, 0.2) is 0 Å². The van der Waals surface area contributed by atoms with Gasteiger partial charge in [0.25, 0.3) is 0 Å². The number of hydrogen-bond donors (Lipinski definition) is 1. The van der Waals surface area contributed by atoms with Crippen molar-refractivity contribution in [1.82, 2.24) is 9.97 Å². The van der Waals surface area contributed by atoms with Crippen LogP contribution in [0.2, 0.25) is 0 Å². The van der Waals surface area contributed by atoms with Crippen LogP contribution in [0.1, 0.15) is 17.0 Å². The van der Waals surface area contributed by atoms with Crippen molar-refractivity contribution >= 4 is 11.0 Å². The fraction of sp³-hybridized carbons (Fsp3) is 0.0769. The minimum atomic E-state index is 0.639. The normalized spacial score (nSPS) is 10.5. The van der Waals surface area contributed by atoms with Crippen LogP contribution in [0, 0.1) is 11.3 Å². The van der Waals surface area contributed by atoms with Crippen molar-refractivity contribution in [3.05, 3.63) is 53.8 Å². The molecule has 0 amide bonds. The third-order valence-corrected chi connectivity index (χ3v) is 2.70. The van der Waals surface area contributed by atoms with Crippen LogP contribution in [0.25, 0.3) is 11.0 Å². The maximum atomic E-state index is 8.88. The first-order chi connectivity index (χ1) is 8.36. The Hall–Kier alpha value is -2.54. The first kappa shape index (κ1) is 9.67. The number of imidazole rings is 1. The molecule has 4 nitrogen and oxygen atoms in total. The van der Waals surface area contributed by atoms with Crippen LogP contribution >= 0.6 is 0 Å². The van der Waals surface area contributed by atoms with Gasteiger partial charge in [-0.3, -0.25) is 0 Å². The third-order valence-electron chi connectivity index (χ3n) is 2.70. The summed E-state index contributed by atoms with van der Waals surface area (Å²) in [5.41, 5.74) is 2.47. The summed E-state index contributed by atoms with van der Waals surface area (Å²) in [5, 5.41) is 9.86. The van der Waals surface area contributed by atoms with E-state index in [0.717, 1.165) is 22.4 Å². The number of rotatable bonds is 2. The first-order valence-corrected chi connectivity index (χ1v) is 5.25. The Labute approximate surface area is 97.5 Å². The summed E-state index contributed by atoms with van der Waals surface area (Å²) in [6, 6.07) is 7.55. The number of fused-ring (bicyclic) bond motifs is 1. The number of hydrogen-bond acceptors (Lipinski definition) is 3. The molecule has 0 radical (unpaired) electrons. The Morgan fingerprint density at radius 2 is 2.35 bits per heavy atom. The average Bonchev–Trinajstić information content (AvgIpc) is 2.99. The molecule has 1 aromatic carbocycles. The van der Waals surface area contributed by atoms with Crippen LogP contribution < -0.4 is 0 Å². The molecule has 0 bridgehead atoms. The molecule has 0 aliphatic carbocycles. The largest absolute Gasteiger partial charge is 0.464 e. The van der Waals surface area contributed by atoms with E-state index in [1.54, 1.807) is 24.7 Å². The average molecular weight is 223 g/mol. The number of furan rings is 1. The van der Waals surface area contributed by atoms with Gasteiger partial charge in [-0.15, -0.1) is 0 Å². The molecule has 2 aromatic heterocycles. The van der Waals surface area contributed by atoms with E-state index in [1.807, 2.05) is 12.1 Å². The first-order valence-electron chi connectivity index (χ1n) is 5.25. The molecule has 3 aromatic rings. The second-order valence-electron chi connectivity index (χ2n) is 3.80. The maximum Gasteiger partial charge on any atom is 0.134 e. The summed E-state index contributed by atoms with van der Waals surface area (Å²) in [6.07, 6.45) is 5.90. The summed E-state index contributed by atoms with van der Waals surface area (Å²) < 4.78 is 5.45. The molecular formula is C13H9N3O.